The summed E-state index contributed by atoms with van der Waals surface area (Å²) in [7, 11) is 0. The van der Waals surface area contributed by atoms with Crippen LogP contribution in [0.2, 0.25) is 0 Å². The van der Waals surface area contributed by atoms with Gasteiger partial charge in [-0.2, -0.15) is 0 Å². The lowest BCUT2D eigenvalue weighted by atomic mass is 9.89. The number of ether oxygens (including phenoxy) is 1. The Morgan fingerprint density at radius 2 is 2.11 bits per heavy atom. The number of hydrogen-bond acceptors (Lipinski definition) is 4. The fourth-order valence-corrected chi connectivity index (χ4v) is 3.40. The Hall–Kier alpha value is -2.88. The van der Waals surface area contributed by atoms with Crippen molar-refractivity contribution >= 4 is 12.0 Å². The Labute approximate surface area is 161 Å². The topological polar surface area (TPSA) is 42.4 Å². The Balaban J connectivity index is 1.82. The monoisotopic (exact) mass is 362 g/mol. The Bertz CT molecular complexity index is 880. The molecule has 0 spiro atoms. The van der Waals surface area contributed by atoms with E-state index in [4.69, 9.17) is 4.74 Å². The molecule has 3 rings (SSSR count). The fraction of sp³-hybridized carbons (Fsp3) is 0.304. The van der Waals surface area contributed by atoms with Crippen molar-refractivity contribution in [2.75, 3.05) is 19.7 Å². The number of aryl methyl sites for hydroxylation is 2. The number of hydrogen-bond donors (Lipinski definition) is 0. The highest BCUT2D eigenvalue weighted by molar-refractivity contribution is 5.94. The molecule has 0 unspecified atom stereocenters. The third kappa shape index (κ3) is 4.11. The van der Waals surface area contributed by atoms with E-state index in [0.717, 1.165) is 30.0 Å². The molecule has 0 bridgehead atoms. The minimum Gasteiger partial charge on any atom is -0.462 e. The second kappa shape index (κ2) is 8.21. The molecule has 1 aliphatic heterocycles. The number of benzene rings is 1. The molecule has 1 aromatic carbocycles. The van der Waals surface area contributed by atoms with Gasteiger partial charge in [-0.3, -0.25) is 4.98 Å². The van der Waals surface area contributed by atoms with Crippen LogP contribution in [0.3, 0.4) is 0 Å². The molecule has 27 heavy (non-hydrogen) atoms. The van der Waals surface area contributed by atoms with Gasteiger partial charge in [-0.25, -0.2) is 4.79 Å². The molecule has 140 valence electrons. The van der Waals surface area contributed by atoms with E-state index in [0.29, 0.717) is 18.1 Å². The van der Waals surface area contributed by atoms with Crippen molar-refractivity contribution < 1.29 is 9.53 Å². The maximum Gasteiger partial charge on any atom is 0.338 e. The predicted molar refractivity (Wildman–Crippen MR) is 109 cm³/mol. The molecule has 0 amide bonds. The van der Waals surface area contributed by atoms with Crippen LogP contribution in [0.1, 0.15) is 45.6 Å². The number of aromatic nitrogens is 1. The maximum atomic E-state index is 12.3. The Morgan fingerprint density at radius 1 is 1.33 bits per heavy atom. The number of likely N-dealkylation sites (tertiary alicyclic amines) is 1. The first-order valence-electron chi connectivity index (χ1n) is 9.31. The number of esters is 1. The zero-order valence-corrected chi connectivity index (χ0v) is 16.2. The van der Waals surface area contributed by atoms with Crippen molar-refractivity contribution in [3.63, 3.8) is 0 Å². The minimum atomic E-state index is -0.320. The third-order valence-electron chi connectivity index (χ3n) is 4.95. The zero-order chi connectivity index (χ0) is 19.4. The molecule has 1 aromatic heterocycles. The number of carbonyl (C=O) groups is 1. The molecule has 0 atom stereocenters. The number of carbonyl (C=O) groups excluding carboxylic acids is 1. The summed E-state index contributed by atoms with van der Waals surface area (Å²) in [6.45, 7) is 12.0. The van der Waals surface area contributed by atoms with Gasteiger partial charge in [0, 0.05) is 42.2 Å². The lowest BCUT2D eigenvalue weighted by molar-refractivity contribution is 0.0526. The van der Waals surface area contributed by atoms with Crippen LogP contribution in [-0.2, 0) is 4.74 Å². The van der Waals surface area contributed by atoms with Gasteiger partial charge in [0.15, 0.2) is 0 Å². The normalized spacial score (nSPS) is 14.6. The van der Waals surface area contributed by atoms with Crippen LogP contribution in [0.4, 0.5) is 0 Å². The zero-order valence-electron chi connectivity index (χ0n) is 16.2. The van der Waals surface area contributed by atoms with E-state index in [1.54, 1.807) is 12.3 Å². The summed E-state index contributed by atoms with van der Waals surface area (Å²) in [4.78, 5) is 18.9. The molecular formula is C23H26N2O2. The Kier molecular flexibility index (Phi) is 5.75. The fourth-order valence-electron chi connectivity index (χ4n) is 3.40. The highest BCUT2D eigenvalue weighted by Gasteiger charge is 2.29. The molecule has 0 radical (unpaired) electrons. The summed E-state index contributed by atoms with van der Waals surface area (Å²) in [5.41, 5.74) is 5.80. The van der Waals surface area contributed by atoms with Gasteiger partial charge in [-0.05, 0) is 44.6 Å². The molecule has 1 saturated heterocycles. The molecule has 4 heteroatoms. The molecule has 2 heterocycles. The van der Waals surface area contributed by atoms with Crippen LogP contribution in [0, 0.1) is 13.8 Å². The quantitative estimate of drug-likeness (QED) is 0.560. The number of rotatable bonds is 6. The molecular weight excluding hydrogens is 336 g/mol. The molecule has 1 fully saturated rings. The van der Waals surface area contributed by atoms with Crippen LogP contribution in [0.25, 0.3) is 6.08 Å². The summed E-state index contributed by atoms with van der Waals surface area (Å²) in [5, 5.41) is 0. The van der Waals surface area contributed by atoms with E-state index in [1.165, 1.54) is 11.1 Å². The smallest absolute Gasteiger partial charge is 0.338 e. The lowest BCUT2D eigenvalue weighted by Gasteiger charge is -2.42. The average molecular weight is 362 g/mol. The van der Waals surface area contributed by atoms with E-state index in [1.807, 2.05) is 26.0 Å². The third-order valence-corrected chi connectivity index (χ3v) is 4.95. The highest BCUT2D eigenvalue weighted by atomic mass is 16.5. The Morgan fingerprint density at radius 3 is 2.78 bits per heavy atom. The lowest BCUT2D eigenvalue weighted by Crippen LogP contribution is -2.43. The van der Waals surface area contributed by atoms with Crippen molar-refractivity contribution in [2.24, 2.45) is 0 Å². The first-order chi connectivity index (χ1) is 13.0. The van der Waals surface area contributed by atoms with Gasteiger partial charge in [0.2, 0.25) is 0 Å². The van der Waals surface area contributed by atoms with Gasteiger partial charge >= 0.3 is 5.97 Å². The summed E-state index contributed by atoms with van der Waals surface area (Å²) in [5.74, 6) is 0.201. The second-order valence-electron chi connectivity index (χ2n) is 6.87. The van der Waals surface area contributed by atoms with Crippen LogP contribution in [0.15, 0.2) is 54.9 Å². The van der Waals surface area contributed by atoms with Gasteiger partial charge in [0.05, 0.1) is 12.2 Å². The molecule has 0 saturated carbocycles. The number of nitrogens with zero attached hydrogens (tertiary/aromatic N) is 2. The first-order valence-corrected chi connectivity index (χ1v) is 9.31. The minimum absolute atomic E-state index is 0.320. The molecule has 0 N–H and O–H groups in total. The van der Waals surface area contributed by atoms with Crippen LogP contribution in [-0.4, -0.2) is 35.5 Å². The summed E-state index contributed by atoms with van der Waals surface area (Å²) in [6.07, 6.45) is 5.48. The molecule has 2 aromatic rings. The van der Waals surface area contributed by atoms with Crippen LogP contribution >= 0.6 is 0 Å². The first kappa shape index (κ1) is 18.9. The maximum absolute atomic E-state index is 12.3. The second-order valence-corrected chi connectivity index (χ2v) is 6.87. The standard InChI is InChI=1S/C23H26N2O2/c1-5-20(25-14-19(15-25)18-9-7-8-16(3)12-18)13-22-17(4)24-11-10-21(22)23(26)27-6-2/h5,7-13,19H,1,6,14-15H2,2-4H3/b20-13+. The highest BCUT2D eigenvalue weighted by Crippen LogP contribution is 2.32. The van der Waals surface area contributed by atoms with Crippen LogP contribution < -0.4 is 0 Å². The van der Waals surface area contributed by atoms with Gasteiger partial charge in [-0.1, -0.05) is 36.4 Å². The van der Waals surface area contributed by atoms with Gasteiger partial charge < -0.3 is 9.64 Å². The van der Waals surface area contributed by atoms with E-state index < -0.39 is 0 Å². The SMILES string of the molecule is C=C/C(=C\c1c(C(=O)OCC)ccnc1C)N1CC(c2cccc(C)c2)C1. The van der Waals surface area contributed by atoms with E-state index >= 15 is 0 Å². The molecule has 4 nitrogen and oxygen atoms in total. The summed E-state index contributed by atoms with van der Waals surface area (Å²) in [6, 6.07) is 10.4. The van der Waals surface area contributed by atoms with Gasteiger partial charge in [0.25, 0.3) is 0 Å². The van der Waals surface area contributed by atoms with Crippen molar-refractivity contribution in [3.8, 4) is 0 Å². The van der Waals surface area contributed by atoms with Gasteiger partial charge in [0.1, 0.15) is 0 Å². The average Bonchev–Trinajstić information content (AvgIpc) is 2.61. The molecule has 1 aliphatic rings. The van der Waals surface area contributed by atoms with Crippen molar-refractivity contribution in [1.29, 1.82) is 0 Å². The predicted octanol–water partition coefficient (Wildman–Crippen LogP) is 4.50. The summed E-state index contributed by atoms with van der Waals surface area (Å²) >= 11 is 0. The van der Waals surface area contributed by atoms with E-state index in [9.17, 15) is 4.79 Å². The summed E-state index contributed by atoms with van der Waals surface area (Å²) < 4.78 is 5.19. The van der Waals surface area contributed by atoms with Crippen molar-refractivity contribution in [3.05, 3.63) is 82.8 Å². The van der Waals surface area contributed by atoms with Gasteiger partial charge in [-0.15, -0.1) is 0 Å². The van der Waals surface area contributed by atoms with E-state index in [-0.39, 0.29) is 5.97 Å². The number of allylic oxidation sites excluding steroid dienone is 1. The largest absolute Gasteiger partial charge is 0.462 e. The number of pyridine rings is 1. The van der Waals surface area contributed by atoms with E-state index in [2.05, 4.69) is 47.7 Å². The van der Waals surface area contributed by atoms with Crippen molar-refractivity contribution in [1.82, 2.24) is 9.88 Å². The van der Waals surface area contributed by atoms with Crippen LogP contribution in [0.5, 0.6) is 0 Å². The van der Waals surface area contributed by atoms with Crippen molar-refractivity contribution in [2.45, 2.75) is 26.7 Å². The molecule has 0 aliphatic carbocycles.